The number of amides is 1. The van der Waals surface area contributed by atoms with E-state index in [1.54, 1.807) is 0 Å². The van der Waals surface area contributed by atoms with Crippen LogP contribution in [0.5, 0.6) is 0 Å². The van der Waals surface area contributed by atoms with Crippen molar-refractivity contribution >= 4 is 19.7 Å². The lowest BCUT2D eigenvalue weighted by Crippen LogP contribution is -2.47. The predicted molar refractivity (Wildman–Crippen MR) is 319 cm³/mol. The van der Waals surface area contributed by atoms with Crippen molar-refractivity contribution in [2.45, 2.75) is 322 Å². The SMILES string of the molecule is CCCCC/C=C/C=C/CCCCCCCCC(=O)OC(/C=C/CCCCCCCCCCCC)C(COP(=O)(O)OCC[N+](C)(C)C)NC(=O)CCCCCCCCCCCCCCCCCCCCCCC. The molecule has 74 heavy (non-hydrogen) atoms. The minimum atomic E-state index is -4.45. The number of hydrogen-bond acceptors (Lipinski definition) is 6. The molecule has 0 aliphatic rings. The first-order valence-corrected chi connectivity index (χ1v) is 33.3. The van der Waals surface area contributed by atoms with Gasteiger partial charge in [0.2, 0.25) is 5.91 Å². The van der Waals surface area contributed by atoms with Gasteiger partial charge in [0.15, 0.2) is 0 Å². The van der Waals surface area contributed by atoms with Crippen molar-refractivity contribution in [3.05, 3.63) is 36.5 Å². The van der Waals surface area contributed by atoms with Crippen LogP contribution in [0.15, 0.2) is 36.5 Å². The zero-order valence-electron chi connectivity index (χ0n) is 49.9. The standard InChI is InChI=1S/C64H123N2O7P/c1-7-10-13-16-19-22-25-28-30-31-32-33-34-35-37-38-41-44-47-50-53-56-63(67)65-61(60-72-74(69,70)71-59-58-66(4,5)6)62(55-52-49-46-43-40-27-24-21-18-15-12-9-3)73-64(68)57-54-51-48-45-42-39-36-29-26-23-20-17-14-11-8-2/h20,23,26,29,52,55,61-62H,7-19,21-22,24-25,27-28,30-51,53-54,56-60H2,1-6H3,(H-,65,67,69,70)/p+1/b23-20+,29-26+,55-52+. The number of allylic oxidation sites excluding steroid dienone is 5. The van der Waals surface area contributed by atoms with Crippen LogP contribution < -0.4 is 5.32 Å². The molecule has 10 heteroatoms. The molecule has 0 aromatic rings. The van der Waals surface area contributed by atoms with Crippen LogP contribution in [0.2, 0.25) is 0 Å². The summed E-state index contributed by atoms with van der Waals surface area (Å²) in [6, 6.07) is -0.849. The lowest BCUT2D eigenvalue weighted by molar-refractivity contribution is -0.870. The number of ether oxygens (including phenoxy) is 1. The van der Waals surface area contributed by atoms with Gasteiger partial charge in [-0.25, -0.2) is 4.57 Å². The van der Waals surface area contributed by atoms with Crippen molar-refractivity contribution in [2.24, 2.45) is 0 Å². The van der Waals surface area contributed by atoms with Gasteiger partial charge in [-0.05, 0) is 57.4 Å². The zero-order valence-corrected chi connectivity index (χ0v) is 50.7. The minimum absolute atomic E-state index is 0.0405. The van der Waals surface area contributed by atoms with E-state index in [0.29, 0.717) is 17.4 Å². The summed E-state index contributed by atoms with van der Waals surface area (Å²) >= 11 is 0. The van der Waals surface area contributed by atoms with Crippen molar-refractivity contribution in [1.82, 2.24) is 5.32 Å². The van der Waals surface area contributed by atoms with E-state index in [0.717, 1.165) is 77.0 Å². The number of carbonyl (C=O) groups excluding carboxylic acids is 2. The molecule has 0 spiro atoms. The van der Waals surface area contributed by atoms with E-state index in [2.05, 4.69) is 50.4 Å². The molecule has 2 N–H and O–H groups in total. The number of quaternary nitrogens is 1. The molecule has 3 atom stereocenters. The Balaban J connectivity index is 5.18. The number of carbonyl (C=O) groups is 2. The van der Waals surface area contributed by atoms with Gasteiger partial charge in [-0.3, -0.25) is 18.6 Å². The molecule has 0 aliphatic carbocycles. The summed E-state index contributed by atoms with van der Waals surface area (Å²) in [5.41, 5.74) is 0. The van der Waals surface area contributed by atoms with Crippen molar-refractivity contribution in [3.63, 3.8) is 0 Å². The predicted octanol–water partition coefficient (Wildman–Crippen LogP) is 19.5. The second kappa shape index (κ2) is 54.6. The summed E-state index contributed by atoms with van der Waals surface area (Å²) in [4.78, 5) is 37.7. The first kappa shape index (κ1) is 72.2. The third-order valence-electron chi connectivity index (χ3n) is 14.4. The van der Waals surface area contributed by atoms with Gasteiger partial charge in [0, 0.05) is 12.8 Å². The lowest BCUT2D eigenvalue weighted by Gasteiger charge is -2.27. The largest absolute Gasteiger partial charge is 0.472 e. The highest BCUT2D eigenvalue weighted by molar-refractivity contribution is 7.47. The van der Waals surface area contributed by atoms with Gasteiger partial charge in [0.1, 0.15) is 19.3 Å². The van der Waals surface area contributed by atoms with Gasteiger partial charge in [-0.15, -0.1) is 0 Å². The Labute approximate surface area is 459 Å². The number of nitrogens with zero attached hydrogens (tertiary/aromatic N) is 1. The quantitative estimate of drug-likeness (QED) is 0.0156. The van der Waals surface area contributed by atoms with E-state index in [4.69, 9.17) is 13.8 Å². The van der Waals surface area contributed by atoms with E-state index in [1.165, 1.54) is 199 Å². The second-order valence-electron chi connectivity index (χ2n) is 23.0. The number of nitrogens with one attached hydrogen (secondary N) is 1. The van der Waals surface area contributed by atoms with Crippen LogP contribution in [-0.2, 0) is 27.9 Å². The molecule has 0 bridgehead atoms. The van der Waals surface area contributed by atoms with Crippen LogP contribution in [0.25, 0.3) is 0 Å². The Morgan fingerprint density at radius 3 is 1.22 bits per heavy atom. The molecular weight excluding hydrogens is 940 g/mol. The first-order chi connectivity index (χ1) is 35.9. The van der Waals surface area contributed by atoms with Crippen molar-refractivity contribution in [3.8, 4) is 0 Å². The number of hydrogen-bond donors (Lipinski definition) is 2. The fourth-order valence-electron chi connectivity index (χ4n) is 9.40. The van der Waals surface area contributed by atoms with Gasteiger partial charge in [0.25, 0.3) is 0 Å². The maximum absolute atomic E-state index is 13.6. The molecule has 1 amide bonds. The molecule has 0 radical (unpaired) electrons. The molecule has 3 unspecified atom stereocenters. The maximum atomic E-state index is 13.6. The fraction of sp³-hybridized carbons (Fsp3) is 0.875. The molecule has 0 aliphatic heterocycles. The highest BCUT2D eigenvalue weighted by Crippen LogP contribution is 2.43. The molecule has 0 rings (SSSR count). The van der Waals surface area contributed by atoms with E-state index in [9.17, 15) is 19.0 Å². The average molecular weight is 1060 g/mol. The lowest BCUT2D eigenvalue weighted by atomic mass is 10.0. The molecule has 0 fully saturated rings. The Kier molecular flexibility index (Phi) is 53.3. The Morgan fingerprint density at radius 1 is 0.473 bits per heavy atom. The van der Waals surface area contributed by atoms with Gasteiger partial charge in [0.05, 0.1) is 33.8 Å². The summed E-state index contributed by atoms with van der Waals surface area (Å²) < 4.78 is 30.7. The summed E-state index contributed by atoms with van der Waals surface area (Å²) in [5, 5.41) is 3.06. The van der Waals surface area contributed by atoms with Gasteiger partial charge in [-0.2, -0.15) is 0 Å². The molecular formula is C64H124N2O7P+. The van der Waals surface area contributed by atoms with Crippen LogP contribution in [-0.4, -0.2) is 74.3 Å². The average Bonchev–Trinajstić information content (AvgIpc) is 3.36. The highest BCUT2D eigenvalue weighted by atomic mass is 31.2. The topological polar surface area (TPSA) is 111 Å². The van der Waals surface area contributed by atoms with Crippen LogP contribution >= 0.6 is 7.82 Å². The minimum Gasteiger partial charge on any atom is -0.456 e. The smallest absolute Gasteiger partial charge is 0.456 e. The van der Waals surface area contributed by atoms with E-state index < -0.39 is 20.0 Å². The molecule has 0 aromatic heterocycles. The Hall–Kier alpha value is -1.77. The maximum Gasteiger partial charge on any atom is 0.472 e. The summed E-state index contributed by atoms with van der Waals surface area (Å²) in [6.07, 6.45) is 65.7. The van der Waals surface area contributed by atoms with Gasteiger partial charge >= 0.3 is 13.8 Å². The monoisotopic (exact) mass is 1060 g/mol. The van der Waals surface area contributed by atoms with Crippen LogP contribution in [0.1, 0.15) is 310 Å². The number of rotatable bonds is 58. The number of unbranched alkanes of at least 4 members (excludes halogenated alkanes) is 39. The Morgan fingerprint density at radius 2 is 0.811 bits per heavy atom. The third kappa shape index (κ3) is 55.0. The van der Waals surface area contributed by atoms with Crippen molar-refractivity contribution in [1.29, 1.82) is 0 Å². The van der Waals surface area contributed by atoms with Gasteiger partial charge < -0.3 is 19.4 Å². The summed E-state index contributed by atoms with van der Waals surface area (Å²) in [7, 11) is 1.50. The molecule has 436 valence electrons. The molecule has 0 saturated carbocycles. The normalized spacial score (nSPS) is 13.9. The number of phosphoric ester groups is 1. The second-order valence-corrected chi connectivity index (χ2v) is 24.4. The molecule has 0 aromatic carbocycles. The van der Waals surface area contributed by atoms with Crippen LogP contribution in [0, 0.1) is 0 Å². The van der Waals surface area contributed by atoms with E-state index >= 15 is 0 Å². The fourth-order valence-corrected chi connectivity index (χ4v) is 10.1. The summed E-state index contributed by atoms with van der Waals surface area (Å²) in [5.74, 6) is -0.505. The zero-order chi connectivity index (χ0) is 54.3. The number of esters is 1. The van der Waals surface area contributed by atoms with Crippen LogP contribution in [0.4, 0.5) is 0 Å². The highest BCUT2D eigenvalue weighted by Gasteiger charge is 2.30. The third-order valence-corrected chi connectivity index (χ3v) is 15.3. The van der Waals surface area contributed by atoms with E-state index in [1.807, 2.05) is 33.3 Å². The molecule has 9 nitrogen and oxygen atoms in total. The van der Waals surface area contributed by atoms with Crippen molar-refractivity contribution < 1.29 is 37.3 Å². The first-order valence-electron chi connectivity index (χ1n) is 31.8. The molecule has 0 saturated heterocycles. The van der Waals surface area contributed by atoms with E-state index in [-0.39, 0.29) is 31.5 Å². The number of phosphoric acid groups is 1. The van der Waals surface area contributed by atoms with Crippen molar-refractivity contribution in [2.75, 3.05) is 40.9 Å². The number of likely N-dealkylation sites (N-methyl/N-ethyl adjacent to an activating group) is 1. The molecule has 0 heterocycles. The summed E-state index contributed by atoms with van der Waals surface area (Å²) in [6.45, 7) is 7.01. The Bertz CT molecular complexity index is 1360. The van der Waals surface area contributed by atoms with Crippen LogP contribution in [0.3, 0.4) is 0 Å². The van der Waals surface area contributed by atoms with Gasteiger partial charge in [-0.1, -0.05) is 276 Å².